The molecule has 0 fully saturated rings. The van der Waals surface area contributed by atoms with Gasteiger partial charge in [-0.05, 0) is 61.6 Å². The van der Waals surface area contributed by atoms with E-state index >= 15 is 0 Å². The van der Waals surface area contributed by atoms with Crippen LogP contribution in [0.3, 0.4) is 0 Å². The summed E-state index contributed by atoms with van der Waals surface area (Å²) in [6, 6.07) is 10.1. The van der Waals surface area contributed by atoms with Crippen molar-refractivity contribution in [2.45, 2.75) is 39.3 Å². The molecule has 0 radical (unpaired) electrons. The van der Waals surface area contributed by atoms with Gasteiger partial charge in [-0.2, -0.15) is 0 Å². The first-order valence-electron chi connectivity index (χ1n) is 9.78. The van der Waals surface area contributed by atoms with Gasteiger partial charge in [0.05, 0.1) is 11.4 Å². The molecular weight excluding hydrogens is 382 g/mol. The Balaban J connectivity index is 1.86. The fourth-order valence-electron chi connectivity index (χ4n) is 2.83. The Morgan fingerprint density at radius 2 is 1.86 bits per heavy atom. The second kappa shape index (κ2) is 9.69. The third kappa shape index (κ3) is 5.44. The van der Waals surface area contributed by atoms with Crippen molar-refractivity contribution in [3.8, 4) is 17.1 Å². The lowest BCUT2D eigenvalue weighted by Crippen LogP contribution is -2.27. The molecule has 3 aromatic rings. The number of pyridine rings is 1. The highest BCUT2D eigenvalue weighted by Crippen LogP contribution is 2.28. The van der Waals surface area contributed by atoms with E-state index in [1.165, 1.54) is 22.9 Å². The number of rotatable bonds is 8. The maximum absolute atomic E-state index is 12.2. The van der Waals surface area contributed by atoms with Gasteiger partial charge in [0.15, 0.2) is 11.0 Å². The van der Waals surface area contributed by atoms with Gasteiger partial charge < -0.3 is 5.32 Å². The molecule has 7 heteroatoms. The predicted octanol–water partition coefficient (Wildman–Crippen LogP) is 4.20. The van der Waals surface area contributed by atoms with E-state index in [1.54, 1.807) is 12.4 Å². The quantitative estimate of drug-likeness (QED) is 0.565. The van der Waals surface area contributed by atoms with Crippen LogP contribution in [0, 0.1) is 19.8 Å². The van der Waals surface area contributed by atoms with Crippen LogP contribution in [0.2, 0.25) is 0 Å². The third-order valence-electron chi connectivity index (χ3n) is 4.70. The van der Waals surface area contributed by atoms with Crippen molar-refractivity contribution in [2.75, 3.05) is 12.3 Å². The van der Waals surface area contributed by atoms with Crippen LogP contribution in [0.5, 0.6) is 0 Å². The molecule has 1 amide bonds. The zero-order valence-corrected chi connectivity index (χ0v) is 18.2. The number of hydrogen-bond acceptors (Lipinski definition) is 5. The summed E-state index contributed by atoms with van der Waals surface area (Å²) in [5, 5.41) is 12.5. The Morgan fingerprint density at radius 3 is 2.55 bits per heavy atom. The lowest BCUT2D eigenvalue weighted by molar-refractivity contribution is -0.118. The number of nitrogens with zero attached hydrogens (tertiary/aromatic N) is 4. The van der Waals surface area contributed by atoms with Crippen molar-refractivity contribution < 1.29 is 4.79 Å². The van der Waals surface area contributed by atoms with Gasteiger partial charge in [-0.1, -0.05) is 31.7 Å². The van der Waals surface area contributed by atoms with Crippen LogP contribution in [0.25, 0.3) is 17.1 Å². The number of amides is 1. The molecule has 0 spiro atoms. The van der Waals surface area contributed by atoms with E-state index in [4.69, 9.17) is 0 Å². The number of thioether (sulfide) groups is 1. The number of aromatic nitrogens is 4. The molecule has 0 aliphatic rings. The van der Waals surface area contributed by atoms with Crippen molar-refractivity contribution in [1.29, 1.82) is 0 Å². The van der Waals surface area contributed by atoms with Crippen molar-refractivity contribution in [3.05, 3.63) is 53.9 Å². The van der Waals surface area contributed by atoms with Crippen molar-refractivity contribution >= 4 is 17.7 Å². The lowest BCUT2D eigenvalue weighted by atomic mass is 10.1. The highest BCUT2D eigenvalue weighted by molar-refractivity contribution is 7.99. The summed E-state index contributed by atoms with van der Waals surface area (Å²) >= 11 is 1.40. The first-order valence-corrected chi connectivity index (χ1v) is 10.8. The zero-order valence-electron chi connectivity index (χ0n) is 17.3. The molecule has 3 rings (SSSR count). The number of nitrogens with one attached hydrogen (secondary N) is 1. The molecule has 1 N–H and O–H groups in total. The van der Waals surface area contributed by atoms with Gasteiger partial charge in [0.1, 0.15) is 0 Å². The summed E-state index contributed by atoms with van der Waals surface area (Å²) in [6.07, 6.45) is 4.45. The van der Waals surface area contributed by atoms with Gasteiger partial charge in [0.2, 0.25) is 5.91 Å². The normalized spacial score (nSPS) is 11.1. The van der Waals surface area contributed by atoms with E-state index in [2.05, 4.69) is 66.4 Å². The minimum Gasteiger partial charge on any atom is -0.355 e. The monoisotopic (exact) mass is 409 g/mol. The van der Waals surface area contributed by atoms with Crippen molar-refractivity contribution in [1.82, 2.24) is 25.1 Å². The fourth-order valence-corrected chi connectivity index (χ4v) is 3.61. The van der Waals surface area contributed by atoms with Crippen LogP contribution < -0.4 is 5.32 Å². The standard InChI is InChI=1S/C22H27N5OS/c1-15(2)7-12-24-20(28)14-29-22-26-25-21(18-8-10-23-11-9-18)27(22)19-6-5-16(3)17(4)13-19/h5-6,8-11,13,15H,7,12,14H2,1-4H3,(H,24,28). The highest BCUT2D eigenvalue weighted by Gasteiger charge is 2.17. The van der Waals surface area contributed by atoms with E-state index in [-0.39, 0.29) is 5.91 Å². The Bertz CT molecular complexity index is 969. The van der Waals surface area contributed by atoms with Crippen LogP contribution in [-0.2, 0) is 4.79 Å². The summed E-state index contributed by atoms with van der Waals surface area (Å²) in [5.41, 5.74) is 4.33. The van der Waals surface area contributed by atoms with Gasteiger partial charge in [0, 0.05) is 24.5 Å². The molecule has 0 unspecified atom stereocenters. The number of carbonyl (C=O) groups excluding carboxylic acids is 1. The maximum Gasteiger partial charge on any atom is 0.230 e. The molecule has 0 atom stereocenters. The Kier molecular flexibility index (Phi) is 7.04. The van der Waals surface area contributed by atoms with E-state index in [0.29, 0.717) is 23.4 Å². The van der Waals surface area contributed by atoms with Crippen LogP contribution in [-0.4, -0.2) is 38.0 Å². The van der Waals surface area contributed by atoms with Crippen molar-refractivity contribution in [3.63, 3.8) is 0 Å². The predicted molar refractivity (Wildman–Crippen MR) is 117 cm³/mol. The Hall–Kier alpha value is -2.67. The lowest BCUT2D eigenvalue weighted by Gasteiger charge is -2.12. The third-order valence-corrected chi connectivity index (χ3v) is 5.63. The molecule has 0 aliphatic heterocycles. The van der Waals surface area contributed by atoms with Crippen LogP contribution >= 0.6 is 11.8 Å². The summed E-state index contributed by atoms with van der Waals surface area (Å²) in [6.45, 7) is 9.17. The summed E-state index contributed by atoms with van der Waals surface area (Å²) in [5.74, 6) is 1.62. The first kappa shape index (κ1) is 21.0. The van der Waals surface area contributed by atoms with Crippen LogP contribution in [0.4, 0.5) is 0 Å². The Labute approximate surface area is 176 Å². The molecule has 2 heterocycles. The zero-order chi connectivity index (χ0) is 20.8. The van der Waals surface area contributed by atoms with E-state index in [0.717, 1.165) is 23.5 Å². The molecule has 1 aromatic carbocycles. The maximum atomic E-state index is 12.2. The minimum atomic E-state index is 0.00995. The topological polar surface area (TPSA) is 72.7 Å². The van der Waals surface area contributed by atoms with Crippen LogP contribution in [0.1, 0.15) is 31.4 Å². The molecule has 152 valence electrons. The largest absolute Gasteiger partial charge is 0.355 e. The smallest absolute Gasteiger partial charge is 0.230 e. The molecular formula is C22H27N5OS. The SMILES string of the molecule is Cc1ccc(-n2c(SCC(=O)NCCC(C)C)nnc2-c2ccncc2)cc1C. The van der Waals surface area contributed by atoms with Gasteiger partial charge in [-0.3, -0.25) is 14.3 Å². The number of aryl methyl sites for hydroxylation is 2. The average molecular weight is 410 g/mol. The molecule has 2 aromatic heterocycles. The summed E-state index contributed by atoms with van der Waals surface area (Å²) in [4.78, 5) is 16.3. The highest BCUT2D eigenvalue weighted by atomic mass is 32.2. The number of carbonyl (C=O) groups is 1. The second-order valence-electron chi connectivity index (χ2n) is 7.47. The number of hydrogen-bond donors (Lipinski definition) is 1. The molecule has 0 bridgehead atoms. The molecule has 0 saturated carbocycles. The van der Waals surface area contributed by atoms with Gasteiger partial charge in [-0.25, -0.2) is 0 Å². The van der Waals surface area contributed by atoms with Gasteiger partial charge in [-0.15, -0.1) is 10.2 Å². The van der Waals surface area contributed by atoms with Gasteiger partial charge >= 0.3 is 0 Å². The molecule has 6 nitrogen and oxygen atoms in total. The fraction of sp³-hybridized carbons (Fsp3) is 0.364. The first-order chi connectivity index (χ1) is 14.0. The van der Waals surface area contributed by atoms with Crippen LogP contribution in [0.15, 0.2) is 47.9 Å². The minimum absolute atomic E-state index is 0.00995. The van der Waals surface area contributed by atoms with E-state index < -0.39 is 0 Å². The Morgan fingerprint density at radius 1 is 1.10 bits per heavy atom. The molecule has 0 aliphatic carbocycles. The number of benzene rings is 1. The summed E-state index contributed by atoms with van der Waals surface area (Å²) < 4.78 is 2.01. The molecule has 0 saturated heterocycles. The van der Waals surface area contributed by atoms with Crippen molar-refractivity contribution in [2.24, 2.45) is 5.92 Å². The molecule has 29 heavy (non-hydrogen) atoms. The van der Waals surface area contributed by atoms with E-state index in [1.807, 2.05) is 16.7 Å². The van der Waals surface area contributed by atoms with E-state index in [9.17, 15) is 4.79 Å². The van der Waals surface area contributed by atoms with Gasteiger partial charge in [0.25, 0.3) is 0 Å². The average Bonchev–Trinajstić information content (AvgIpc) is 3.13. The summed E-state index contributed by atoms with van der Waals surface area (Å²) in [7, 11) is 0. The second-order valence-corrected chi connectivity index (χ2v) is 8.41.